The number of H-pyrrole nitrogens is 1. The third kappa shape index (κ3) is 4.75. The van der Waals surface area contributed by atoms with Crippen molar-refractivity contribution >= 4 is 46.6 Å². The van der Waals surface area contributed by atoms with Crippen molar-refractivity contribution in [2.24, 2.45) is 29.6 Å². The highest BCUT2D eigenvalue weighted by Crippen LogP contribution is 2.69. The highest BCUT2D eigenvalue weighted by atomic mass is 32.2. The van der Waals surface area contributed by atoms with Gasteiger partial charge in [-0.2, -0.15) is 13.2 Å². The summed E-state index contributed by atoms with van der Waals surface area (Å²) in [5.74, 6) is -2.96. The van der Waals surface area contributed by atoms with Gasteiger partial charge in [0.25, 0.3) is 0 Å². The maximum Gasteiger partial charge on any atom is 0.416 e. The van der Waals surface area contributed by atoms with Crippen molar-refractivity contribution in [3.63, 3.8) is 0 Å². The Morgan fingerprint density at radius 1 is 1.04 bits per heavy atom. The van der Waals surface area contributed by atoms with E-state index >= 15 is 0 Å². The van der Waals surface area contributed by atoms with Crippen LogP contribution in [0.1, 0.15) is 35.3 Å². The molecule has 3 heterocycles. The molecule has 2 amide bonds. The lowest BCUT2D eigenvalue weighted by Gasteiger charge is -2.43. The molecule has 6 unspecified atom stereocenters. The molecule has 1 N–H and O–H groups in total. The summed E-state index contributed by atoms with van der Waals surface area (Å²) in [6, 6.07) is 9.66. The predicted octanol–water partition coefficient (Wildman–Crippen LogP) is 5.08. The van der Waals surface area contributed by atoms with Crippen molar-refractivity contribution in [3.8, 4) is 11.5 Å². The largest absolute Gasteiger partial charge is 0.493 e. The molecule has 3 aromatic rings. The number of aromatic amines is 1. The van der Waals surface area contributed by atoms with Gasteiger partial charge in [-0.25, -0.2) is 4.79 Å². The standard InChI is InChI=1S/C31H27F3N2O7S2/c1-3-42-20(37)12-43-18-8-7-13(9-19(18)41-2)21-22-16-11-17(25(22)44-27-26(21)45-30(40)35-27)24-23(16)28(38)36(29(24)39)15-6-4-5-14(10-15)31(32,33)34/h4-10,16-17,21-25H,3,11-12H2,1-2H3,(H,35,40)/t16?,17?,21-,22?,23?,24?,25?/m1/s1. The number of carbonyl (C=O) groups is 3. The first-order valence-electron chi connectivity index (χ1n) is 14.4. The van der Waals surface area contributed by atoms with Crippen molar-refractivity contribution in [2.75, 3.05) is 25.2 Å². The van der Waals surface area contributed by atoms with E-state index in [9.17, 15) is 32.3 Å². The molecule has 0 radical (unpaired) electrons. The summed E-state index contributed by atoms with van der Waals surface area (Å²) >= 11 is 2.61. The Kier molecular flexibility index (Phi) is 7.27. The Morgan fingerprint density at radius 3 is 2.51 bits per heavy atom. The lowest BCUT2D eigenvalue weighted by atomic mass is 9.68. The molecule has 1 saturated heterocycles. The second-order valence-corrected chi connectivity index (χ2v) is 13.7. The Hall–Kier alpha value is -3.78. The number of alkyl halides is 3. The molecule has 4 aliphatic rings. The van der Waals surface area contributed by atoms with Crippen LogP contribution in [0.3, 0.4) is 0 Å². The molecule has 2 aromatic carbocycles. The van der Waals surface area contributed by atoms with Gasteiger partial charge in [-0.15, -0.1) is 11.8 Å². The zero-order valence-corrected chi connectivity index (χ0v) is 25.6. The van der Waals surface area contributed by atoms with Crippen molar-refractivity contribution < 1.29 is 41.8 Å². The fourth-order valence-corrected chi connectivity index (χ4v) is 10.7. The summed E-state index contributed by atoms with van der Waals surface area (Å²) in [6.45, 7) is 1.61. The first kappa shape index (κ1) is 29.9. The summed E-state index contributed by atoms with van der Waals surface area (Å²) in [6.07, 6.45) is -4.00. The summed E-state index contributed by atoms with van der Waals surface area (Å²) < 4.78 is 56.6. The first-order valence-corrected chi connectivity index (χ1v) is 16.1. The van der Waals surface area contributed by atoms with Gasteiger partial charge in [0.05, 0.1) is 41.8 Å². The maximum absolute atomic E-state index is 13.9. The number of fused-ring (bicyclic) bond motifs is 9. The van der Waals surface area contributed by atoms with Crippen LogP contribution in [-0.4, -0.2) is 48.3 Å². The average Bonchev–Trinajstić information content (AvgIpc) is 3.74. The highest BCUT2D eigenvalue weighted by Gasteiger charge is 2.69. The van der Waals surface area contributed by atoms with Crippen LogP contribution in [0.4, 0.5) is 18.9 Å². The number of carbonyl (C=O) groups excluding carboxylic acids is 3. The van der Waals surface area contributed by atoms with Gasteiger partial charge in [0.1, 0.15) is 0 Å². The normalized spacial score (nSPS) is 28.1. The number of thiazole rings is 1. The molecule has 2 aliphatic carbocycles. The first-order chi connectivity index (χ1) is 21.5. The molecular weight excluding hydrogens is 633 g/mol. The van der Waals surface area contributed by atoms with Gasteiger partial charge in [-0.05, 0) is 67.0 Å². The minimum atomic E-state index is -4.62. The van der Waals surface area contributed by atoms with Crippen molar-refractivity contribution in [1.82, 2.24) is 4.98 Å². The smallest absolute Gasteiger partial charge is 0.416 e. The zero-order valence-electron chi connectivity index (χ0n) is 24.0. The molecule has 7 atom stereocenters. The summed E-state index contributed by atoms with van der Waals surface area (Å²) in [5, 5.41) is 0.608. The number of ether oxygens (including phenoxy) is 3. The number of benzene rings is 2. The molecule has 1 aromatic heterocycles. The predicted molar refractivity (Wildman–Crippen MR) is 158 cm³/mol. The highest BCUT2D eigenvalue weighted by molar-refractivity contribution is 8.00. The number of amides is 2. The number of anilines is 1. The molecule has 45 heavy (non-hydrogen) atoms. The Bertz CT molecular complexity index is 1770. The Morgan fingerprint density at radius 2 is 1.80 bits per heavy atom. The number of esters is 1. The minimum absolute atomic E-state index is 0.0765. The molecule has 0 spiro atoms. The molecule has 14 heteroatoms. The number of nitrogens with one attached hydrogen (secondary N) is 1. The lowest BCUT2D eigenvalue weighted by molar-refractivity contribution is -0.145. The van der Waals surface area contributed by atoms with Gasteiger partial charge in [-0.1, -0.05) is 23.5 Å². The van der Waals surface area contributed by atoms with Crippen molar-refractivity contribution in [2.45, 2.75) is 35.7 Å². The third-order valence-corrected chi connectivity index (χ3v) is 11.9. The molecule has 9 nitrogen and oxygen atoms in total. The minimum Gasteiger partial charge on any atom is -0.493 e. The topological polar surface area (TPSA) is 115 Å². The summed E-state index contributed by atoms with van der Waals surface area (Å²) in [7, 11) is 1.48. The average molecular weight is 661 g/mol. The molecule has 2 saturated carbocycles. The maximum atomic E-state index is 13.9. The van der Waals surface area contributed by atoms with Crippen LogP contribution < -0.4 is 19.2 Å². The van der Waals surface area contributed by atoms with Gasteiger partial charge in [0, 0.05) is 16.0 Å². The fraction of sp³-hybridized carbons (Fsp3) is 0.419. The number of thioether (sulfide) groups is 1. The van der Waals surface area contributed by atoms with E-state index in [1.807, 2.05) is 6.07 Å². The second kappa shape index (κ2) is 10.9. The number of imide groups is 1. The molecule has 7 rings (SSSR count). The molecule has 2 bridgehead atoms. The number of nitrogens with zero attached hydrogens (tertiary/aromatic N) is 1. The van der Waals surface area contributed by atoms with Crippen LogP contribution in [0.2, 0.25) is 0 Å². The number of rotatable bonds is 7. The van der Waals surface area contributed by atoms with E-state index in [-0.39, 0.29) is 52.7 Å². The van der Waals surface area contributed by atoms with Crippen molar-refractivity contribution in [3.05, 3.63) is 68.1 Å². The van der Waals surface area contributed by atoms with Crippen LogP contribution in [-0.2, 0) is 25.3 Å². The monoisotopic (exact) mass is 660 g/mol. The third-order valence-electron chi connectivity index (χ3n) is 9.35. The molecular formula is C31H27F3N2O7S2. The van der Waals surface area contributed by atoms with Crippen LogP contribution in [0.25, 0.3) is 0 Å². The van der Waals surface area contributed by atoms with Crippen LogP contribution in [0.15, 0.2) is 52.3 Å². The Balaban J connectivity index is 1.24. The van der Waals surface area contributed by atoms with Gasteiger partial charge >= 0.3 is 17.0 Å². The number of aromatic nitrogens is 1. The molecule has 236 valence electrons. The SMILES string of the molecule is CCOC(=O)COc1ccc([C@H]2c3sc(=O)[nH]c3SC3C4CC(C5C(=O)N(c6cccc(C(F)(F)F)c6)C(=O)C45)C32)cc1OC. The van der Waals surface area contributed by atoms with E-state index in [1.165, 1.54) is 31.0 Å². The van der Waals surface area contributed by atoms with E-state index in [1.54, 1.807) is 19.1 Å². The Labute approximate surface area is 263 Å². The van der Waals surface area contributed by atoms with Gasteiger partial charge < -0.3 is 19.2 Å². The lowest BCUT2D eigenvalue weighted by Crippen LogP contribution is -2.42. The number of halogens is 3. The van der Waals surface area contributed by atoms with Gasteiger partial charge in [0.2, 0.25) is 11.8 Å². The van der Waals surface area contributed by atoms with Crippen LogP contribution in [0.5, 0.6) is 11.5 Å². The van der Waals surface area contributed by atoms with E-state index in [0.717, 1.165) is 38.8 Å². The summed E-state index contributed by atoms with van der Waals surface area (Å²) in [4.78, 5) is 56.6. The molecule has 3 fully saturated rings. The van der Waals surface area contributed by atoms with E-state index in [2.05, 4.69) is 4.98 Å². The number of hydrogen-bond donors (Lipinski definition) is 1. The van der Waals surface area contributed by atoms with Crippen molar-refractivity contribution in [1.29, 1.82) is 0 Å². The van der Waals surface area contributed by atoms with E-state index in [0.29, 0.717) is 22.9 Å². The van der Waals surface area contributed by atoms with Gasteiger partial charge in [-0.3, -0.25) is 19.3 Å². The number of methoxy groups -OCH3 is 1. The van der Waals surface area contributed by atoms with E-state index in [4.69, 9.17) is 14.2 Å². The zero-order chi connectivity index (χ0) is 31.8. The fourth-order valence-electron chi connectivity index (χ4n) is 7.80. The van der Waals surface area contributed by atoms with Crippen LogP contribution in [0, 0.1) is 29.6 Å². The quantitative estimate of drug-likeness (QED) is 0.276. The van der Waals surface area contributed by atoms with E-state index < -0.39 is 41.4 Å². The van der Waals surface area contributed by atoms with Crippen LogP contribution >= 0.6 is 23.1 Å². The summed E-state index contributed by atoms with van der Waals surface area (Å²) in [5.41, 5.74) is -0.188. The molecule has 2 aliphatic heterocycles. The van der Waals surface area contributed by atoms with Gasteiger partial charge in [0.15, 0.2) is 18.1 Å². The number of hydrogen-bond acceptors (Lipinski definition) is 9. The second-order valence-electron chi connectivity index (χ2n) is 11.5.